The molecule has 0 bridgehead atoms. The van der Waals surface area contributed by atoms with Crippen LogP contribution in [0.1, 0.15) is 25.8 Å². The second-order valence-corrected chi connectivity index (χ2v) is 6.52. The maximum absolute atomic E-state index is 12.6. The Morgan fingerprint density at radius 2 is 1.80 bits per heavy atom. The van der Waals surface area contributed by atoms with E-state index < -0.39 is 18.1 Å². The minimum atomic E-state index is -0.791. The number of benzene rings is 1. The van der Waals surface area contributed by atoms with Crippen LogP contribution in [0.25, 0.3) is 0 Å². The van der Waals surface area contributed by atoms with E-state index in [9.17, 15) is 14.4 Å². The van der Waals surface area contributed by atoms with Crippen molar-refractivity contribution in [3.63, 3.8) is 0 Å². The van der Waals surface area contributed by atoms with E-state index in [1.807, 2.05) is 36.6 Å². The zero-order valence-corrected chi connectivity index (χ0v) is 15.7. The quantitative estimate of drug-likeness (QED) is 0.614. The summed E-state index contributed by atoms with van der Waals surface area (Å²) in [6.45, 7) is 3.33. The first-order valence-electron chi connectivity index (χ1n) is 8.24. The van der Waals surface area contributed by atoms with Crippen molar-refractivity contribution in [1.82, 2.24) is 10.6 Å². The summed E-state index contributed by atoms with van der Waals surface area (Å²) in [6.07, 6.45) is 2.76. The first-order valence-corrected chi connectivity index (χ1v) is 9.64. The van der Waals surface area contributed by atoms with Gasteiger partial charge in [-0.05, 0) is 30.9 Å². The summed E-state index contributed by atoms with van der Waals surface area (Å²) in [6, 6.07) is 7.94. The highest BCUT2D eigenvalue weighted by Gasteiger charge is 2.27. The highest BCUT2D eigenvalue weighted by atomic mass is 32.2. The van der Waals surface area contributed by atoms with Gasteiger partial charge in [0, 0.05) is 13.3 Å². The zero-order chi connectivity index (χ0) is 18.7. The lowest BCUT2D eigenvalue weighted by molar-refractivity contribution is -0.147. The molecule has 0 spiro atoms. The van der Waals surface area contributed by atoms with Gasteiger partial charge in [-0.3, -0.25) is 9.59 Å². The lowest BCUT2D eigenvalue weighted by Crippen LogP contribution is -2.52. The number of hydrogen-bond acceptors (Lipinski definition) is 5. The van der Waals surface area contributed by atoms with E-state index in [0.29, 0.717) is 12.8 Å². The predicted molar refractivity (Wildman–Crippen MR) is 99.3 cm³/mol. The summed E-state index contributed by atoms with van der Waals surface area (Å²) in [5.74, 6) is -0.414. The van der Waals surface area contributed by atoms with E-state index in [2.05, 4.69) is 10.6 Å². The van der Waals surface area contributed by atoms with Crippen molar-refractivity contribution >= 4 is 29.5 Å². The molecule has 2 amide bonds. The minimum absolute atomic E-state index is 0.238. The van der Waals surface area contributed by atoms with E-state index in [-0.39, 0.29) is 18.4 Å². The predicted octanol–water partition coefficient (Wildman–Crippen LogP) is 1.53. The molecule has 0 heterocycles. The molecule has 0 aliphatic heterocycles. The SMILES string of the molecule is CCOC(=O)C(Cc1ccccc1)NC(=O)C(CCSC)NC(C)=O. The van der Waals surface area contributed by atoms with Crippen molar-refractivity contribution in [3.05, 3.63) is 35.9 Å². The van der Waals surface area contributed by atoms with Gasteiger partial charge in [0.1, 0.15) is 12.1 Å². The molecule has 0 aliphatic carbocycles. The van der Waals surface area contributed by atoms with Gasteiger partial charge >= 0.3 is 5.97 Å². The lowest BCUT2D eigenvalue weighted by atomic mass is 10.1. The summed E-state index contributed by atoms with van der Waals surface area (Å²) >= 11 is 1.59. The largest absolute Gasteiger partial charge is 0.464 e. The van der Waals surface area contributed by atoms with Crippen LogP contribution in [-0.4, -0.2) is 48.5 Å². The molecule has 138 valence electrons. The molecule has 1 aromatic rings. The van der Waals surface area contributed by atoms with E-state index in [4.69, 9.17) is 4.74 Å². The molecule has 0 saturated carbocycles. The third-order valence-electron chi connectivity index (χ3n) is 3.47. The Morgan fingerprint density at radius 1 is 1.12 bits per heavy atom. The van der Waals surface area contributed by atoms with E-state index in [1.54, 1.807) is 18.7 Å². The number of carbonyl (C=O) groups is 3. The average molecular weight is 366 g/mol. The number of hydrogen-bond donors (Lipinski definition) is 2. The molecule has 1 aromatic carbocycles. The van der Waals surface area contributed by atoms with Crippen LogP contribution < -0.4 is 10.6 Å². The molecule has 0 saturated heterocycles. The minimum Gasteiger partial charge on any atom is -0.464 e. The molecule has 6 nitrogen and oxygen atoms in total. The Balaban J connectivity index is 2.83. The van der Waals surface area contributed by atoms with Crippen LogP contribution in [0.4, 0.5) is 0 Å². The molecule has 7 heteroatoms. The van der Waals surface area contributed by atoms with Gasteiger partial charge in [-0.25, -0.2) is 4.79 Å². The van der Waals surface area contributed by atoms with Crippen molar-refractivity contribution in [2.45, 2.75) is 38.8 Å². The van der Waals surface area contributed by atoms with Crippen LogP contribution in [-0.2, 0) is 25.5 Å². The van der Waals surface area contributed by atoms with Crippen molar-refractivity contribution in [2.75, 3.05) is 18.6 Å². The standard InChI is InChI=1S/C18H26N2O4S/c1-4-24-18(23)16(12-14-8-6-5-7-9-14)20-17(22)15(10-11-25-3)19-13(2)21/h5-9,15-16H,4,10-12H2,1-3H3,(H,19,21)(H,20,22). The summed E-state index contributed by atoms with van der Waals surface area (Å²) in [5, 5.41) is 5.37. The summed E-state index contributed by atoms with van der Waals surface area (Å²) in [7, 11) is 0. The maximum atomic E-state index is 12.6. The van der Waals surface area contributed by atoms with Crippen LogP contribution in [0.5, 0.6) is 0 Å². The molecule has 25 heavy (non-hydrogen) atoms. The third-order valence-corrected chi connectivity index (χ3v) is 4.12. The van der Waals surface area contributed by atoms with Gasteiger partial charge in [-0.2, -0.15) is 11.8 Å². The average Bonchev–Trinajstić information content (AvgIpc) is 2.58. The van der Waals surface area contributed by atoms with E-state index in [1.165, 1.54) is 6.92 Å². The van der Waals surface area contributed by atoms with Gasteiger partial charge in [0.2, 0.25) is 11.8 Å². The number of amides is 2. The molecule has 0 radical (unpaired) electrons. The Bertz CT molecular complexity index is 565. The number of rotatable bonds is 10. The third kappa shape index (κ3) is 8.07. The van der Waals surface area contributed by atoms with Crippen LogP contribution in [0, 0.1) is 0 Å². The molecule has 0 aliphatic rings. The van der Waals surface area contributed by atoms with Gasteiger partial charge < -0.3 is 15.4 Å². The number of carbonyl (C=O) groups excluding carboxylic acids is 3. The lowest BCUT2D eigenvalue weighted by Gasteiger charge is -2.22. The number of nitrogens with one attached hydrogen (secondary N) is 2. The molecule has 2 N–H and O–H groups in total. The van der Waals surface area contributed by atoms with E-state index >= 15 is 0 Å². The first kappa shape index (κ1) is 21.0. The van der Waals surface area contributed by atoms with Crippen LogP contribution in [0.2, 0.25) is 0 Å². The number of thioether (sulfide) groups is 1. The van der Waals surface area contributed by atoms with E-state index in [0.717, 1.165) is 11.3 Å². The van der Waals surface area contributed by atoms with Gasteiger partial charge in [-0.15, -0.1) is 0 Å². The van der Waals surface area contributed by atoms with Crippen molar-refractivity contribution in [3.8, 4) is 0 Å². The van der Waals surface area contributed by atoms with Gasteiger partial charge in [0.15, 0.2) is 0 Å². The Morgan fingerprint density at radius 3 is 2.36 bits per heavy atom. The second kappa shape index (κ2) is 11.5. The Kier molecular flexibility index (Phi) is 9.69. The van der Waals surface area contributed by atoms with Gasteiger partial charge in [-0.1, -0.05) is 30.3 Å². The fraction of sp³-hybridized carbons (Fsp3) is 0.500. The topological polar surface area (TPSA) is 84.5 Å². The fourth-order valence-electron chi connectivity index (χ4n) is 2.31. The molecule has 1 rings (SSSR count). The highest BCUT2D eigenvalue weighted by molar-refractivity contribution is 7.98. The summed E-state index contributed by atoms with van der Waals surface area (Å²) in [4.78, 5) is 36.1. The summed E-state index contributed by atoms with van der Waals surface area (Å²) < 4.78 is 5.07. The van der Waals surface area contributed by atoms with Crippen LogP contribution >= 0.6 is 11.8 Å². The molecule has 2 unspecified atom stereocenters. The first-order chi connectivity index (χ1) is 12.0. The number of ether oxygens (including phenoxy) is 1. The summed E-state index contributed by atoms with van der Waals surface area (Å²) in [5.41, 5.74) is 0.918. The molecule has 0 aromatic heterocycles. The zero-order valence-electron chi connectivity index (χ0n) is 14.9. The molecule has 0 fully saturated rings. The maximum Gasteiger partial charge on any atom is 0.328 e. The Labute approximate surface area is 153 Å². The molecular formula is C18H26N2O4S. The smallest absolute Gasteiger partial charge is 0.328 e. The van der Waals surface area contributed by atoms with Crippen molar-refractivity contribution in [1.29, 1.82) is 0 Å². The monoisotopic (exact) mass is 366 g/mol. The number of esters is 1. The highest BCUT2D eigenvalue weighted by Crippen LogP contribution is 2.07. The van der Waals surface area contributed by atoms with Gasteiger partial charge in [0.25, 0.3) is 0 Å². The Hall–Kier alpha value is -2.02. The van der Waals surface area contributed by atoms with Crippen molar-refractivity contribution in [2.24, 2.45) is 0 Å². The molecule has 2 atom stereocenters. The molecular weight excluding hydrogens is 340 g/mol. The van der Waals surface area contributed by atoms with Crippen LogP contribution in [0.15, 0.2) is 30.3 Å². The van der Waals surface area contributed by atoms with Crippen LogP contribution in [0.3, 0.4) is 0 Å². The fourth-order valence-corrected chi connectivity index (χ4v) is 2.78. The van der Waals surface area contributed by atoms with Crippen molar-refractivity contribution < 1.29 is 19.1 Å². The second-order valence-electron chi connectivity index (χ2n) is 5.54. The van der Waals surface area contributed by atoms with Gasteiger partial charge in [0.05, 0.1) is 6.61 Å². The normalized spacial score (nSPS) is 12.8.